The number of thiazole rings is 1. The minimum absolute atomic E-state index is 0.612. The first kappa shape index (κ1) is 12.8. The van der Waals surface area contributed by atoms with Gasteiger partial charge in [-0.3, -0.25) is 4.90 Å². The summed E-state index contributed by atoms with van der Waals surface area (Å²) in [6, 6.07) is 7.10. The number of nitrogens with two attached hydrogens (primary N) is 1. The Labute approximate surface area is 117 Å². The maximum absolute atomic E-state index is 5.75. The molecule has 1 atom stereocenters. The number of fused-ring (bicyclic) bond motifs is 1. The van der Waals surface area contributed by atoms with Crippen LogP contribution in [0.4, 0.5) is 5.13 Å². The molecule has 1 unspecified atom stereocenters. The fourth-order valence-corrected chi connectivity index (χ4v) is 3.53. The monoisotopic (exact) mass is 276 g/mol. The van der Waals surface area contributed by atoms with E-state index in [4.69, 9.17) is 5.73 Å². The average Bonchev–Trinajstić information content (AvgIpc) is 2.72. The molecule has 1 fully saturated rings. The molecule has 4 nitrogen and oxygen atoms in total. The summed E-state index contributed by atoms with van der Waals surface area (Å²) in [7, 11) is 2.19. The average molecular weight is 276 g/mol. The Balaban J connectivity index is 1.77. The van der Waals surface area contributed by atoms with E-state index in [0.717, 1.165) is 31.7 Å². The number of benzene rings is 1. The van der Waals surface area contributed by atoms with Crippen molar-refractivity contribution in [1.29, 1.82) is 0 Å². The highest BCUT2D eigenvalue weighted by molar-refractivity contribution is 7.22. The van der Waals surface area contributed by atoms with Gasteiger partial charge < -0.3 is 10.6 Å². The first-order chi connectivity index (χ1) is 9.11. The van der Waals surface area contributed by atoms with Gasteiger partial charge in [0, 0.05) is 32.2 Å². The van der Waals surface area contributed by atoms with Crippen molar-refractivity contribution in [1.82, 2.24) is 14.8 Å². The van der Waals surface area contributed by atoms with Crippen molar-refractivity contribution in [2.75, 3.05) is 32.4 Å². The first-order valence-corrected chi connectivity index (χ1v) is 7.51. The van der Waals surface area contributed by atoms with Crippen LogP contribution < -0.4 is 5.73 Å². The van der Waals surface area contributed by atoms with Crippen LogP contribution in [0.1, 0.15) is 12.5 Å². The van der Waals surface area contributed by atoms with Crippen LogP contribution in [-0.2, 0) is 6.54 Å². The molecular formula is C14H20N4S. The maximum atomic E-state index is 5.75. The molecular weight excluding hydrogens is 256 g/mol. The third-order valence-electron chi connectivity index (χ3n) is 3.82. The van der Waals surface area contributed by atoms with Crippen molar-refractivity contribution in [2.45, 2.75) is 19.5 Å². The van der Waals surface area contributed by atoms with E-state index in [-0.39, 0.29) is 0 Å². The summed E-state index contributed by atoms with van der Waals surface area (Å²) in [5.74, 6) is 0. The minimum Gasteiger partial charge on any atom is -0.375 e. The Morgan fingerprint density at radius 2 is 2.26 bits per heavy atom. The molecule has 0 bridgehead atoms. The number of anilines is 1. The molecule has 2 aromatic rings. The molecule has 1 aliphatic rings. The lowest BCUT2D eigenvalue weighted by atomic mass is 10.1. The topological polar surface area (TPSA) is 45.4 Å². The third kappa shape index (κ3) is 2.73. The molecule has 0 spiro atoms. The van der Waals surface area contributed by atoms with Crippen LogP contribution in [-0.4, -0.2) is 47.5 Å². The molecule has 19 heavy (non-hydrogen) atoms. The van der Waals surface area contributed by atoms with Crippen LogP contribution in [0.5, 0.6) is 0 Å². The summed E-state index contributed by atoms with van der Waals surface area (Å²) in [5.41, 5.74) is 8.12. The normalized spacial score (nSPS) is 22.1. The Hall–Kier alpha value is -1.17. The van der Waals surface area contributed by atoms with Crippen LogP contribution in [0.3, 0.4) is 0 Å². The van der Waals surface area contributed by atoms with Crippen molar-refractivity contribution in [3.05, 3.63) is 23.8 Å². The summed E-state index contributed by atoms with van der Waals surface area (Å²) in [4.78, 5) is 9.25. The zero-order chi connectivity index (χ0) is 13.4. The summed E-state index contributed by atoms with van der Waals surface area (Å²) in [6.07, 6.45) is 0. The van der Waals surface area contributed by atoms with Gasteiger partial charge in [-0.2, -0.15) is 0 Å². The number of hydrogen-bond acceptors (Lipinski definition) is 5. The lowest BCUT2D eigenvalue weighted by Gasteiger charge is -2.38. The van der Waals surface area contributed by atoms with Crippen LogP contribution in [0.2, 0.25) is 0 Å². The maximum Gasteiger partial charge on any atom is 0.181 e. The largest absolute Gasteiger partial charge is 0.375 e. The summed E-state index contributed by atoms with van der Waals surface area (Å²) in [6.45, 7) is 6.76. The van der Waals surface area contributed by atoms with Crippen LogP contribution >= 0.6 is 11.3 Å². The highest BCUT2D eigenvalue weighted by Gasteiger charge is 2.21. The predicted octanol–water partition coefficient (Wildman–Crippen LogP) is 2.01. The van der Waals surface area contributed by atoms with Gasteiger partial charge in [0.05, 0.1) is 10.2 Å². The molecule has 1 saturated heterocycles. The first-order valence-electron chi connectivity index (χ1n) is 6.69. The quantitative estimate of drug-likeness (QED) is 0.911. The molecule has 3 rings (SSSR count). The van der Waals surface area contributed by atoms with Gasteiger partial charge in [0.1, 0.15) is 0 Å². The number of hydrogen-bond donors (Lipinski definition) is 1. The number of nitrogens with zero attached hydrogens (tertiary/aromatic N) is 3. The number of likely N-dealkylation sites (N-methyl/N-ethyl adjacent to an activating group) is 1. The second-order valence-corrected chi connectivity index (χ2v) is 6.50. The van der Waals surface area contributed by atoms with Crippen molar-refractivity contribution in [2.24, 2.45) is 0 Å². The van der Waals surface area contributed by atoms with Gasteiger partial charge in [0.2, 0.25) is 0 Å². The van der Waals surface area contributed by atoms with E-state index in [0.29, 0.717) is 11.2 Å². The molecule has 1 aromatic heterocycles. The number of nitrogen functional groups attached to an aromatic ring is 1. The van der Waals surface area contributed by atoms with Crippen LogP contribution in [0.25, 0.3) is 10.2 Å². The Kier molecular flexibility index (Phi) is 3.43. The van der Waals surface area contributed by atoms with Gasteiger partial charge in [-0.1, -0.05) is 17.4 Å². The van der Waals surface area contributed by atoms with E-state index in [9.17, 15) is 0 Å². The summed E-state index contributed by atoms with van der Waals surface area (Å²) >= 11 is 1.57. The second kappa shape index (κ2) is 5.07. The number of piperazine rings is 1. The van der Waals surface area contributed by atoms with Gasteiger partial charge in [-0.15, -0.1) is 0 Å². The van der Waals surface area contributed by atoms with E-state index in [1.165, 1.54) is 10.3 Å². The number of aromatic nitrogens is 1. The molecule has 1 aromatic carbocycles. The van der Waals surface area contributed by atoms with E-state index in [1.54, 1.807) is 11.3 Å². The van der Waals surface area contributed by atoms with Gasteiger partial charge in [-0.25, -0.2) is 4.98 Å². The zero-order valence-corrected chi connectivity index (χ0v) is 12.3. The van der Waals surface area contributed by atoms with Gasteiger partial charge >= 0.3 is 0 Å². The number of rotatable bonds is 2. The predicted molar refractivity (Wildman–Crippen MR) is 81.4 cm³/mol. The van der Waals surface area contributed by atoms with Gasteiger partial charge in [0.25, 0.3) is 0 Å². The van der Waals surface area contributed by atoms with Crippen LogP contribution in [0.15, 0.2) is 18.2 Å². The Morgan fingerprint density at radius 1 is 1.42 bits per heavy atom. The van der Waals surface area contributed by atoms with Gasteiger partial charge in [-0.05, 0) is 31.7 Å². The van der Waals surface area contributed by atoms with E-state index < -0.39 is 0 Å². The van der Waals surface area contributed by atoms with Crippen molar-refractivity contribution >= 4 is 26.7 Å². The van der Waals surface area contributed by atoms with Gasteiger partial charge in [0.15, 0.2) is 5.13 Å². The zero-order valence-electron chi connectivity index (χ0n) is 11.5. The summed E-state index contributed by atoms with van der Waals surface area (Å²) in [5, 5.41) is 0.653. The van der Waals surface area contributed by atoms with Crippen molar-refractivity contribution in [3.8, 4) is 0 Å². The molecule has 0 radical (unpaired) electrons. The Bertz CT molecular complexity index is 580. The molecule has 0 saturated carbocycles. The van der Waals surface area contributed by atoms with E-state index in [2.05, 4.69) is 47.0 Å². The standard InChI is InChI=1S/C14H20N4S/c1-10-8-17(2)5-6-18(10)9-11-3-4-12-13(7-11)19-14(15)16-12/h3-4,7,10H,5-6,8-9H2,1-2H3,(H2,15,16). The molecule has 0 aliphatic carbocycles. The smallest absolute Gasteiger partial charge is 0.181 e. The third-order valence-corrected chi connectivity index (χ3v) is 4.67. The lowest BCUT2D eigenvalue weighted by molar-refractivity contribution is 0.0939. The molecule has 0 amide bonds. The lowest BCUT2D eigenvalue weighted by Crippen LogP contribution is -2.49. The SMILES string of the molecule is CC1CN(C)CCN1Cc1ccc2nc(N)sc2c1. The molecule has 102 valence electrons. The van der Waals surface area contributed by atoms with Crippen LogP contribution in [0, 0.1) is 0 Å². The highest BCUT2D eigenvalue weighted by atomic mass is 32.1. The molecule has 1 aliphatic heterocycles. The van der Waals surface area contributed by atoms with Crippen molar-refractivity contribution in [3.63, 3.8) is 0 Å². The van der Waals surface area contributed by atoms with Crippen molar-refractivity contribution < 1.29 is 0 Å². The fourth-order valence-electron chi connectivity index (χ4n) is 2.73. The molecule has 5 heteroatoms. The molecule has 2 heterocycles. The van der Waals surface area contributed by atoms with E-state index >= 15 is 0 Å². The second-order valence-electron chi connectivity index (χ2n) is 5.44. The minimum atomic E-state index is 0.612. The molecule has 2 N–H and O–H groups in total. The summed E-state index contributed by atoms with van der Waals surface area (Å²) < 4.78 is 1.19. The Morgan fingerprint density at radius 3 is 3.05 bits per heavy atom. The highest BCUT2D eigenvalue weighted by Crippen LogP contribution is 2.25. The fraction of sp³-hybridized carbons (Fsp3) is 0.500. The van der Waals surface area contributed by atoms with E-state index in [1.807, 2.05) is 0 Å².